The van der Waals surface area contributed by atoms with Crippen LogP contribution in [0.25, 0.3) is 10.2 Å². The average Bonchev–Trinajstić information content (AvgIpc) is 3.44. The van der Waals surface area contributed by atoms with Gasteiger partial charge in [0.05, 0.1) is 18.0 Å². The summed E-state index contributed by atoms with van der Waals surface area (Å²) < 4.78 is 7.63. The molecule has 5 rings (SSSR count). The molecule has 8 heteroatoms. The van der Waals surface area contributed by atoms with E-state index in [0.717, 1.165) is 54.6 Å². The van der Waals surface area contributed by atoms with E-state index in [1.165, 1.54) is 28.6 Å². The van der Waals surface area contributed by atoms with Crippen molar-refractivity contribution in [1.29, 1.82) is 0 Å². The molecule has 0 spiro atoms. The lowest BCUT2D eigenvalue weighted by atomic mass is 9.97. The summed E-state index contributed by atoms with van der Waals surface area (Å²) in [5.74, 6) is 0.525. The molecule has 1 atom stereocenters. The lowest BCUT2D eigenvalue weighted by Crippen LogP contribution is -2.29. The molecule has 3 aromatic rings. The summed E-state index contributed by atoms with van der Waals surface area (Å²) in [5, 5.41) is 4.43. The molecular formula is C24H27N3O3S2. The number of anilines is 1. The number of nitrogens with zero attached hydrogens (tertiary/aromatic N) is 2. The Morgan fingerprint density at radius 2 is 2.06 bits per heavy atom. The Morgan fingerprint density at radius 1 is 1.22 bits per heavy atom. The number of carbonyl (C=O) groups is 1. The number of aryl methyl sites for hydroxylation is 2. The Morgan fingerprint density at radius 3 is 2.88 bits per heavy atom. The normalized spacial score (nSPS) is 18.1. The summed E-state index contributed by atoms with van der Waals surface area (Å²) >= 11 is 3.16. The fourth-order valence-corrected chi connectivity index (χ4v) is 6.71. The van der Waals surface area contributed by atoms with Crippen LogP contribution in [-0.2, 0) is 28.9 Å². The third kappa shape index (κ3) is 4.63. The van der Waals surface area contributed by atoms with Crippen LogP contribution in [0, 0.1) is 0 Å². The van der Waals surface area contributed by atoms with Crippen LogP contribution in [0.3, 0.4) is 0 Å². The molecule has 2 aromatic heterocycles. The number of aromatic nitrogens is 2. The molecule has 1 fully saturated rings. The largest absolute Gasteiger partial charge is 0.376 e. The van der Waals surface area contributed by atoms with E-state index in [2.05, 4.69) is 5.32 Å². The minimum Gasteiger partial charge on any atom is -0.376 e. The number of benzene rings is 1. The maximum atomic E-state index is 13.6. The van der Waals surface area contributed by atoms with Crippen LogP contribution in [0.1, 0.15) is 42.5 Å². The lowest BCUT2D eigenvalue weighted by Gasteiger charge is -2.16. The van der Waals surface area contributed by atoms with Crippen LogP contribution in [0.4, 0.5) is 5.69 Å². The van der Waals surface area contributed by atoms with Crippen molar-refractivity contribution in [3.05, 3.63) is 51.1 Å². The third-order valence-corrected chi connectivity index (χ3v) is 8.23. The molecular weight excluding hydrogens is 442 g/mol. The lowest BCUT2D eigenvalue weighted by molar-refractivity contribution is -0.115. The summed E-state index contributed by atoms with van der Waals surface area (Å²) in [6.45, 7) is 1.29. The second-order valence-corrected chi connectivity index (χ2v) is 10.5. The molecule has 32 heavy (non-hydrogen) atoms. The summed E-state index contributed by atoms with van der Waals surface area (Å²) in [6, 6.07) is 9.46. The molecule has 1 aromatic carbocycles. The number of fused-ring (bicyclic) bond motifs is 3. The maximum Gasteiger partial charge on any atom is 0.263 e. The topological polar surface area (TPSA) is 73.2 Å². The highest BCUT2D eigenvalue weighted by Gasteiger charge is 2.25. The van der Waals surface area contributed by atoms with Crippen molar-refractivity contribution in [2.45, 2.75) is 62.8 Å². The Hall–Kier alpha value is -2.16. The van der Waals surface area contributed by atoms with Gasteiger partial charge in [-0.15, -0.1) is 11.3 Å². The molecule has 3 heterocycles. The fourth-order valence-electron chi connectivity index (χ4n) is 4.46. The zero-order chi connectivity index (χ0) is 21.9. The molecule has 1 aliphatic heterocycles. The van der Waals surface area contributed by atoms with E-state index in [-0.39, 0.29) is 17.6 Å². The number of hydrogen-bond donors (Lipinski definition) is 1. The van der Waals surface area contributed by atoms with Crippen molar-refractivity contribution in [2.24, 2.45) is 0 Å². The number of nitrogens with one attached hydrogen (secondary N) is 1. The van der Waals surface area contributed by atoms with E-state index >= 15 is 0 Å². The van der Waals surface area contributed by atoms with Crippen molar-refractivity contribution in [2.75, 3.05) is 17.7 Å². The van der Waals surface area contributed by atoms with Crippen LogP contribution >= 0.6 is 23.1 Å². The zero-order valence-corrected chi connectivity index (χ0v) is 19.6. The first-order valence-electron chi connectivity index (χ1n) is 11.3. The summed E-state index contributed by atoms with van der Waals surface area (Å²) in [5.41, 5.74) is 2.07. The molecule has 1 aliphatic carbocycles. The van der Waals surface area contributed by atoms with Gasteiger partial charge in [-0.1, -0.05) is 30.0 Å². The Kier molecular flexibility index (Phi) is 6.62. The quantitative estimate of drug-likeness (QED) is 0.403. The highest BCUT2D eigenvalue weighted by Crippen LogP contribution is 2.35. The molecule has 6 nitrogen and oxygen atoms in total. The predicted molar refractivity (Wildman–Crippen MR) is 130 cm³/mol. The average molecular weight is 470 g/mol. The van der Waals surface area contributed by atoms with E-state index in [1.807, 2.05) is 30.3 Å². The van der Waals surface area contributed by atoms with E-state index in [0.29, 0.717) is 23.9 Å². The van der Waals surface area contributed by atoms with Gasteiger partial charge in [0.2, 0.25) is 5.91 Å². The zero-order valence-electron chi connectivity index (χ0n) is 18.0. The standard InChI is InChI=1S/C24H27N3O3S2/c28-20(25-16-7-2-1-3-8-16)12-14-31-24-26-22-21(18-10-4-5-11-19(18)32-22)23(29)27(24)15-17-9-6-13-30-17/h1-3,7-8,17H,4-6,9-15H2,(H,25,28). The number of rotatable bonds is 7. The Bertz CT molecular complexity index is 1170. The number of thiophene rings is 1. The van der Waals surface area contributed by atoms with Gasteiger partial charge in [-0.2, -0.15) is 0 Å². The molecule has 0 saturated carbocycles. The van der Waals surface area contributed by atoms with Gasteiger partial charge < -0.3 is 10.1 Å². The highest BCUT2D eigenvalue weighted by atomic mass is 32.2. The van der Waals surface area contributed by atoms with E-state index in [9.17, 15) is 9.59 Å². The first-order chi connectivity index (χ1) is 15.7. The molecule has 0 radical (unpaired) electrons. The highest BCUT2D eigenvalue weighted by molar-refractivity contribution is 7.99. The second kappa shape index (κ2) is 9.77. The van der Waals surface area contributed by atoms with Crippen LogP contribution in [0.15, 0.2) is 40.3 Å². The van der Waals surface area contributed by atoms with E-state index in [1.54, 1.807) is 15.9 Å². The first kappa shape index (κ1) is 21.7. The number of carbonyl (C=O) groups excluding carboxylic acids is 1. The summed E-state index contributed by atoms with van der Waals surface area (Å²) in [4.78, 5) is 33.0. The molecule has 1 N–H and O–H groups in total. The molecule has 1 unspecified atom stereocenters. The van der Waals surface area contributed by atoms with E-state index in [4.69, 9.17) is 9.72 Å². The molecule has 168 valence electrons. The molecule has 0 bridgehead atoms. The number of amides is 1. The summed E-state index contributed by atoms with van der Waals surface area (Å²) in [7, 11) is 0. The Balaban J connectivity index is 1.38. The number of hydrogen-bond acceptors (Lipinski definition) is 6. The predicted octanol–water partition coefficient (Wildman–Crippen LogP) is 4.64. The molecule has 1 amide bonds. The van der Waals surface area contributed by atoms with Crippen molar-refractivity contribution in [3.8, 4) is 0 Å². The third-order valence-electron chi connectivity index (χ3n) is 6.07. The fraction of sp³-hybridized carbons (Fsp3) is 0.458. The van der Waals surface area contributed by atoms with Crippen molar-refractivity contribution < 1.29 is 9.53 Å². The van der Waals surface area contributed by atoms with Crippen LogP contribution < -0.4 is 10.9 Å². The van der Waals surface area contributed by atoms with Gasteiger partial charge in [0.1, 0.15) is 4.83 Å². The molecule has 2 aliphatic rings. The second-order valence-electron chi connectivity index (χ2n) is 8.35. The first-order valence-corrected chi connectivity index (χ1v) is 13.1. The van der Waals surface area contributed by atoms with Gasteiger partial charge in [0.15, 0.2) is 5.16 Å². The number of ether oxygens (including phenoxy) is 1. The van der Waals surface area contributed by atoms with E-state index < -0.39 is 0 Å². The summed E-state index contributed by atoms with van der Waals surface area (Å²) in [6.07, 6.45) is 6.75. The maximum absolute atomic E-state index is 13.6. The smallest absolute Gasteiger partial charge is 0.263 e. The van der Waals surface area contributed by atoms with Gasteiger partial charge in [-0.25, -0.2) is 4.98 Å². The van der Waals surface area contributed by atoms with Gasteiger partial charge in [0.25, 0.3) is 5.56 Å². The van der Waals surface area contributed by atoms with Crippen molar-refractivity contribution >= 4 is 44.9 Å². The minimum absolute atomic E-state index is 0.0376. The SMILES string of the molecule is O=C(CCSc1nc2sc3c(c2c(=O)n1CC1CCCO1)CCCC3)Nc1ccccc1. The molecule has 1 saturated heterocycles. The van der Waals surface area contributed by atoms with Crippen LogP contribution in [0.5, 0.6) is 0 Å². The van der Waals surface area contributed by atoms with Gasteiger partial charge in [-0.05, 0) is 56.2 Å². The van der Waals surface area contributed by atoms with Crippen molar-refractivity contribution in [3.63, 3.8) is 0 Å². The van der Waals surface area contributed by atoms with Gasteiger partial charge in [0, 0.05) is 29.3 Å². The van der Waals surface area contributed by atoms with Crippen molar-refractivity contribution in [1.82, 2.24) is 9.55 Å². The Labute approximate surface area is 195 Å². The van der Waals surface area contributed by atoms with Crippen LogP contribution in [0.2, 0.25) is 0 Å². The monoisotopic (exact) mass is 469 g/mol. The number of para-hydroxylation sites is 1. The minimum atomic E-state index is -0.0376. The number of thioether (sulfide) groups is 1. The van der Waals surface area contributed by atoms with Gasteiger partial charge >= 0.3 is 0 Å². The van der Waals surface area contributed by atoms with Gasteiger partial charge in [-0.3, -0.25) is 14.2 Å². The van der Waals surface area contributed by atoms with Crippen LogP contribution in [-0.4, -0.2) is 33.9 Å².